The number of furan rings is 2. The molecule has 0 aliphatic heterocycles. The number of hydrogen-bond acceptors (Lipinski definition) is 2. The second-order valence-electron chi connectivity index (χ2n) is 11.6. The number of para-hydroxylation sites is 1. The Morgan fingerprint density at radius 3 is 1.61 bits per heavy atom. The van der Waals surface area contributed by atoms with Gasteiger partial charge in [-0.05, 0) is 78.5 Å². The molecule has 0 fully saturated rings. The summed E-state index contributed by atoms with van der Waals surface area (Å²) in [6.45, 7) is 0. The van der Waals surface area contributed by atoms with Gasteiger partial charge in [-0.3, -0.25) is 0 Å². The minimum absolute atomic E-state index is 0.868. The molecule has 2 nitrogen and oxygen atoms in total. The van der Waals surface area contributed by atoms with Gasteiger partial charge in [-0.15, -0.1) is 0 Å². The fraction of sp³-hybridized carbons (Fsp3) is 0. The summed E-state index contributed by atoms with van der Waals surface area (Å²) in [6.07, 6.45) is 1.80. The van der Waals surface area contributed by atoms with Crippen molar-refractivity contribution in [3.05, 3.63) is 146 Å². The molecular formula is C42H24O2. The lowest BCUT2D eigenvalue weighted by atomic mass is 9.83. The third-order valence-corrected chi connectivity index (χ3v) is 9.32. The van der Waals surface area contributed by atoms with Gasteiger partial charge in [0.2, 0.25) is 0 Å². The molecule has 0 aliphatic carbocycles. The summed E-state index contributed by atoms with van der Waals surface area (Å²) in [6, 6.07) is 50.0. The maximum Gasteiger partial charge on any atom is 0.142 e. The van der Waals surface area contributed by atoms with Crippen LogP contribution in [0, 0.1) is 0 Å². The van der Waals surface area contributed by atoms with E-state index in [-0.39, 0.29) is 0 Å². The van der Waals surface area contributed by atoms with Crippen LogP contribution in [0.15, 0.2) is 155 Å². The Hall–Kier alpha value is -5.86. The first-order chi connectivity index (χ1) is 21.8. The summed E-state index contributed by atoms with van der Waals surface area (Å²) in [5, 5.41) is 13.1. The average Bonchev–Trinajstić information content (AvgIpc) is 3.71. The molecule has 10 rings (SSSR count). The largest absolute Gasteiger partial charge is 0.464 e. The van der Waals surface area contributed by atoms with E-state index in [0.29, 0.717) is 0 Å². The number of rotatable bonds is 2. The third-order valence-electron chi connectivity index (χ3n) is 9.32. The van der Waals surface area contributed by atoms with Crippen LogP contribution < -0.4 is 0 Å². The summed E-state index contributed by atoms with van der Waals surface area (Å²) in [7, 11) is 0. The van der Waals surface area contributed by atoms with E-state index in [4.69, 9.17) is 8.83 Å². The third kappa shape index (κ3) is 3.14. The zero-order chi connectivity index (χ0) is 28.8. The Labute approximate surface area is 252 Å². The van der Waals surface area contributed by atoms with Gasteiger partial charge >= 0.3 is 0 Å². The second kappa shape index (κ2) is 8.82. The van der Waals surface area contributed by atoms with Gasteiger partial charge in [-0.25, -0.2) is 0 Å². The monoisotopic (exact) mass is 560 g/mol. The number of hydrogen-bond donors (Lipinski definition) is 0. The smallest absolute Gasteiger partial charge is 0.142 e. The van der Waals surface area contributed by atoms with Gasteiger partial charge in [0.25, 0.3) is 0 Å². The molecule has 8 aromatic carbocycles. The first-order valence-corrected chi connectivity index (χ1v) is 15.0. The maximum atomic E-state index is 6.46. The Bertz CT molecular complexity index is 2720. The Balaban J connectivity index is 1.39. The molecular weight excluding hydrogens is 536 g/mol. The zero-order valence-corrected chi connectivity index (χ0v) is 23.7. The lowest BCUT2D eigenvalue weighted by molar-refractivity contribution is 0.616. The van der Waals surface area contributed by atoms with E-state index in [0.717, 1.165) is 44.0 Å². The first-order valence-electron chi connectivity index (χ1n) is 15.0. The quantitative estimate of drug-likeness (QED) is 0.155. The fourth-order valence-corrected chi connectivity index (χ4v) is 7.51. The maximum absolute atomic E-state index is 6.46. The average molecular weight is 561 g/mol. The molecule has 0 amide bonds. The molecule has 0 atom stereocenters. The molecule has 0 bridgehead atoms. The van der Waals surface area contributed by atoms with Crippen molar-refractivity contribution in [1.29, 1.82) is 0 Å². The van der Waals surface area contributed by atoms with Crippen LogP contribution in [0.3, 0.4) is 0 Å². The molecule has 0 spiro atoms. The molecule has 204 valence electrons. The normalized spacial score (nSPS) is 12.1. The summed E-state index contributed by atoms with van der Waals surface area (Å²) in [5.41, 5.74) is 7.33. The van der Waals surface area contributed by atoms with Gasteiger partial charge in [-0.1, -0.05) is 115 Å². The highest BCUT2D eigenvalue weighted by Crippen LogP contribution is 2.49. The number of benzene rings is 8. The summed E-state index contributed by atoms with van der Waals surface area (Å²) >= 11 is 0. The van der Waals surface area contributed by atoms with Crippen LogP contribution in [-0.4, -0.2) is 0 Å². The van der Waals surface area contributed by atoms with Crippen LogP contribution in [-0.2, 0) is 0 Å². The van der Waals surface area contributed by atoms with E-state index >= 15 is 0 Å². The predicted molar refractivity (Wildman–Crippen MR) is 184 cm³/mol. The van der Waals surface area contributed by atoms with Crippen molar-refractivity contribution >= 4 is 76.0 Å². The fourth-order valence-electron chi connectivity index (χ4n) is 7.51. The minimum Gasteiger partial charge on any atom is -0.464 e. The molecule has 0 N–H and O–H groups in total. The second-order valence-corrected chi connectivity index (χ2v) is 11.6. The van der Waals surface area contributed by atoms with E-state index in [1.165, 1.54) is 54.2 Å². The van der Waals surface area contributed by atoms with Gasteiger partial charge < -0.3 is 8.83 Å². The standard InChI is InChI=1S/C42H24O2/c1-2-12-26-25(11-1)23-35(28-14-4-3-13-27(26)28)39-29-15-5-7-17-31(29)40(32-18-8-6-16-30(32)39)36-24-38-41(34-21-22-43-42(34)36)33-19-9-10-20-37(33)44-38/h1-24H. The Morgan fingerprint density at radius 2 is 0.909 bits per heavy atom. The topological polar surface area (TPSA) is 26.3 Å². The molecule has 10 aromatic rings. The van der Waals surface area contributed by atoms with E-state index in [9.17, 15) is 0 Å². The van der Waals surface area contributed by atoms with Crippen LogP contribution in [0.4, 0.5) is 0 Å². The van der Waals surface area contributed by atoms with E-state index in [1.54, 1.807) is 6.26 Å². The lowest BCUT2D eigenvalue weighted by Crippen LogP contribution is -1.92. The Morgan fingerprint density at radius 1 is 0.364 bits per heavy atom. The van der Waals surface area contributed by atoms with E-state index in [1.807, 2.05) is 12.1 Å². The van der Waals surface area contributed by atoms with Gasteiger partial charge in [0, 0.05) is 27.3 Å². The molecule has 0 saturated carbocycles. The molecule has 0 saturated heterocycles. The summed E-state index contributed by atoms with van der Waals surface area (Å²) in [4.78, 5) is 0. The Kier molecular flexibility index (Phi) is 4.75. The van der Waals surface area contributed by atoms with Gasteiger partial charge in [0.15, 0.2) is 0 Å². The van der Waals surface area contributed by atoms with Gasteiger partial charge in [0.05, 0.1) is 6.26 Å². The van der Waals surface area contributed by atoms with Gasteiger partial charge in [-0.2, -0.15) is 0 Å². The van der Waals surface area contributed by atoms with Crippen molar-refractivity contribution in [1.82, 2.24) is 0 Å². The van der Waals surface area contributed by atoms with Crippen LogP contribution in [0.5, 0.6) is 0 Å². The number of fused-ring (bicyclic) bond motifs is 10. The highest BCUT2D eigenvalue weighted by molar-refractivity contribution is 6.29. The summed E-state index contributed by atoms with van der Waals surface area (Å²) < 4.78 is 12.8. The molecule has 44 heavy (non-hydrogen) atoms. The van der Waals surface area contributed by atoms with Crippen molar-refractivity contribution in [3.63, 3.8) is 0 Å². The molecule has 2 heteroatoms. The molecule has 0 radical (unpaired) electrons. The SMILES string of the molecule is c1ccc2c(c1)cc(-c1c3ccccc3c(-c3cc4oc5ccccc5c4c4ccoc34)c3ccccc13)c1ccccc12. The molecule has 0 unspecified atom stereocenters. The highest BCUT2D eigenvalue weighted by Gasteiger charge is 2.23. The van der Waals surface area contributed by atoms with Crippen molar-refractivity contribution in [3.8, 4) is 22.3 Å². The van der Waals surface area contributed by atoms with Crippen LogP contribution >= 0.6 is 0 Å². The minimum atomic E-state index is 0.868. The van der Waals surface area contributed by atoms with Crippen LogP contribution in [0.25, 0.3) is 98.3 Å². The van der Waals surface area contributed by atoms with Crippen molar-refractivity contribution in [2.24, 2.45) is 0 Å². The molecule has 2 heterocycles. The lowest BCUT2D eigenvalue weighted by Gasteiger charge is -2.19. The highest BCUT2D eigenvalue weighted by atomic mass is 16.3. The van der Waals surface area contributed by atoms with Gasteiger partial charge in [0.1, 0.15) is 16.7 Å². The molecule has 2 aromatic heterocycles. The van der Waals surface area contributed by atoms with E-state index in [2.05, 4.69) is 127 Å². The zero-order valence-electron chi connectivity index (χ0n) is 23.7. The van der Waals surface area contributed by atoms with Crippen molar-refractivity contribution in [2.75, 3.05) is 0 Å². The molecule has 0 aliphatic rings. The van der Waals surface area contributed by atoms with Crippen molar-refractivity contribution < 1.29 is 8.83 Å². The summed E-state index contributed by atoms with van der Waals surface area (Å²) in [5.74, 6) is 0. The van der Waals surface area contributed by atoms with Crippen LogP contribution in [0.1, 0.15) is 0 Å². The van der Waals surface area contributed by atoms with E-state index < -0.39 is 0 Å². The van der Waals surface area contributed by atoms with Crippen LogP contribution in [0.2, 0.25) is 0 Å². The van der Waals surface area contributed by atoms with Crippen molar-refractivity contribution in [2.45, 2.75) is 0 Å². The predicted octanol–water partition coefficient (Wildman–Crippen LogP) is 12.3. The first kappa shape index (κ1) is 23.7.